The molecule has 0 radical (unpaired) electrons. The van der Waals surface area contributed by atoms with Crippen molar-refractivity contribution >= 4 is 16.9 Å². The van der Waals surface area contributed by atoms with E-state index in [9.17, 15) is 9.18 Å². The average molecular weight is 236 g/mol. The predicted octanol–water partition coefficient (Wildman–Crippen LogP) is 1.49. The van der Waals surface area contributed by atoms with Crippen molar-refractivity contribution in [3.8, 4) is 0 Å². The summed E-state index contributed by atoms with van der Waals surface area (Å²) in [5, 5.41) is 0.836. The van der Waals surface area contributed by atoms with E-state index in [-0.39, 0.29) is 5.82 Å². The summed E-state index contributed by atoms with van der Waals surface area (Å²) >= 11 is 0. The second kappa shape index (κ2) is 4.18. The molecule has 1 aromatic heterocycles. The number of benzene rings is 1. The van der Waals surface area contributed by atoms with Gasteiger partial charge in [-0.1, -0.05) is 0 Å². The molecule has 0 aliphatic rings. The van der Waals surface area contributed by atoms with Crippen LogP contribution >= 0.6 is 0 Å². The number of hydrogen-bond acceptors (Lipinski definition) is 3. The Kier molecular flexibility index (Phi) is 2.85. The van der Waals surface area contributed by atoms with Gasteiger partial charge in [-0.3, -0.25) is 0 Å². The molecular formula is C12H13FN2O2. The van der Waals surface area contributed by atoms with Crippen LogP contribution in [0.15, 0.2) is 24.3 Å². The van der Waals surface area contributed by atoms with E-state index in [0.29, 0.717) is 11.2 Å². The lowest BCUT2D eigenvalue weighted by Gasteiger charge is -2.10. The van der Waals surface area contributed by atoms with E-state index in [2.05, 4.69) is 4.74 Å². The van der Waals surface area contributed by atoms with E-state index in [1.807, 2.05) is 0 Å². The summed E-state index contributed by atoms with van der Waals surface area (Å²) in [4.78, 5) is 11.4. The molecule has 4 nitrogen and oxygen atoms in total. The number of methoxy groups -OCH3 is 1. The number of esters is 1. The Labute approximate surface area is 97.8 Å². The number of aromatic nitrogens is 1. The van der Waals surface area contributed by atoms with Crippen molar-refractivity contribution < 1.29 is 13.9 Å². The minimum Gasteiger partial charge on any atom is -0.468 e. The fourth-order valence-corrected chi connectivity index (χ4v) is 1.87. The molecule has 5 heteroatoms. The zero-order valence-corrected chi connectivity index (χ0v) is 9.61. The molecule has 1 aromatic carbocycles. The van der Waals surface area contributed by atoms with Gasteiger partial charge in [0.2, 0.25) is 0 Å². The Balaban J connectivity index is 2.56. The number of ether oxygens (including phenoxy) is 1. The molecule has 0 saturated heterocycles. The van der Waals surface area contributed by atoms with Crippen LogP contribution < -0.4 is 5.73 Å². The Hall–Kier alpha value is -1.88. The first-order valence-corrected chi connectivity index (χ1v) is 5.13. The van der Waals surface area contributed by atoms with Crippen molar-refractivity contribution in [3.63, 3.8) is 0 Å². The number of fused-ring (bicyclic) bond motifs is 1. The van der Waals surface area contributed by atoms with E-state index in [1.165, 1.54) is 19.2 Å². The third-order valence-electron chi connectivity index (χ3n) is 2.82. The Morgan fingerprint density at radius 3 is 2.82 bits per heavy atom. The fourth-order valence-electron chi connectivity index (χ4n) is 1.87. The van der Waals surface area contributed by atoms with E-state index in [1.54, 1.807) is 23.7 Å². The summed E-state index contributed by atoms with van der Waals surface area (Å²) in [6.07, 6.45) is 0. The lowest BCUT2D eigenvalue weighted by atomic mass is 10.2. The topological polar surface area (TPSA) is 57.2 Å². The van der Waals surface area contributed by atoms with Crippen LogP contribution in [0.5, 0.6) is 0 Å². The molecule has 0 fully saturated rings. The molecule has 2 rings (SSSR count). The SMILES string of the molecule is COC(=O)C(N)c1cc2ccc(F)cc2n1C. The number of carbonyl (C=O) groups is 1. The van der Waals surface area contributed by atoms with Gasteiger partial charge in [0.05, 0.1) is 12.6 Å². The highest BCUT2D eigenvalue weighted by molar-refractivity contribution is 5.85. The molecule has 0 bridgehead atoms. The van der Waals surface area contributed by atoms with Gasteiger partial charge in [-0.2, -0.15) is 0 Å². The number of carbonyl (C=O) groups excluding carboxylic acids is 1. The highest BCUT2D eigenvalue weighted by Gasteiger charge is 2.20. The highest BCUT2D eigenvalue weighted by atomic mass is 19.1. The number of hydrogen-bond donors (Lipinski definition) is 1. The van der Waals surface area contributed by atoms with E-state index in [4.69, 9.17) is 5.73 Å². The third-order valence-corrected chi connectivity index (χ3v) is 2.82. The highest BCUT2D eigenvalue weighted by Crippen LogP contribution is 2.23. The Morgan fingerprint density at radius 2 is 2.18 bits per heavy atom. The number of nitrogens with two attached hydrogens (primary N) is 1. The normalized spacial score (nSPS) is 12.7. The van der Waals surface area contributed by atoms with Gasteiger partial charge in [0.1, 0.15) is 11.9 Å². The van der Waals surface area contributed by atoms with E-state index in [0.717, 1.165) is 5.39 Å². The van der Waals surface area contributed by atoms with E-state index < -0.39 is 12.0 Å². The number of aryl methyl sites for hydroxylation is 1. The average Bonchev–Trinajstić information content (AvgIpc) is 2.65. The van der Waals surface area contributed by atoms with Crippen LogP contribution in [-0.2, 0) is 16.6 Å². The predicted molar refractivity (Wildman–Crippen MR) is 61.8 cm³/mol. The molecule has 0 spiro atoms. The number of halogens is 1. The molecule has 0 aliphatic heterocycles. The second-order valence-corrected chi connectivity index (χ2v) is 3.83. The van der Waals surface area contributed by atoms with Crippen molar-refractivity contribution in [3.05, 3.63) is 35.8 Å². The molecule has 1 unspecified atom stereocenters. The zero-order valence-electron chi connectivity index (χ0n) is 9.61. The Morgan fingerprint density at radius 1 is 1.47 bits per heavy atom. The van der Waals surface area contributed by atoms with Crippen LogP contribution in [0.2, 0.25) is 0 Å². The summed E-state index contributed by atoms with van der Waals surface area (Å²) in [6, 6.07) is 5.33. The summed E-state index contributed by atoms with van der Waals surface area (Å²) in [5.41, 5.74) is 7.05. The molecule has 90 valence electrons. The first-order valence-electron chi connectivity index (χ1n) is 5.13. The molecule has 0 aliphatic carbocycles. The fraction of sp³-hybridized carbons (Fsp3) is 0.250. The molecule has 2 aromatic rings. The first kappa shape index (κ1) is 11.6. The Bertz CT molecular complexity index is 577. The van der Waals surface area contributed by atoms with Crippen LogP contribution in [0, 0.1) is 5.82 Å². The van der Waals surface area contributed by atoms with Gasteiger partial charge in [0, 0.05) is 18.1 Å². The number of nitrogens with zero attached hydrogens (tertiary/aromatic N) is 1. The smallest absolute Gasteiger partial charge is 0.328 e. The van der Waals surface area contributed by atoms with Gasteiger partial charge >= 0.3 is 5.97 Å². The summed E-state index contributed by atoms with van der Waals surface area (Å²) in [5.74, 6) is -0.840. The minimum atomic E-state index is -0.861. The van der Waals surface area contributed by atoms with Crippen molar-refractivity contribution in [2.75, 3.05) is 7.11 Å². The van der Waals surface area contributed by atoms with Crippen LogP contribution in [0.3, 0.4) is 0 Å². The quantitative estimate of drug-likeness (QED) is 0.804. The zero-order chi connectivity index (χ0) is 12.6. The maximum Gasteiger partial charge on any atom is 0.328 e. The third kappa shape index (κ3) is 1.89. The van der Waals surface area contributed by atoms with Gasteiger partial charge in [-0.05, 0) is 24.3 Å². The van der Waals surface area contributed by atoms with Crippen molar-refractivity contribution in [1.82, 2.24) is 4.57 Å². The first-order chi connectivity index (χ1) is 8.04. The summed E-state index contributed by atoms with van der Waals surface area (Å²) < 4.78 is 19.4. The monoisotopic (exact) mass is 236 g/mol. The maximum atomic E-state index is 13.1. The van der Waals surface area contributed by atoms with Crippen molar-refractivity contribution in [1.29, 1.82) is 0 Å². The maximum absolute atomic E-state index is 13.1. The van der Waals surface area contributed by atoms with E-state index >= 15 is 0 Å². The van der Waals surface area contributed by atoms with Gasteiger partial charge < -0.3 is 15.0 Å². The minimum absolute atomic E-state index is 0.322. The summed E-state index contributed by atoms with van der Waals surface area (Å²) in [7, 11) is 3.02. The molecule has 2 N–H and O–H groups in total. The molecule has 0 saturated carbocycles. The molecule has 1 heterocycles. The van der Waals surface area contributed by atoms with Crippen LogP contribution in [-0.4, -0.2) is 17.6 Å². The second-order valence-electron chi connectivity index (χ2n) is 3.83. The molecular weight excluding hydrogens is 223 g/mol. The molecule has 1 atom stereocenters. The number of rotatable bonds is 2. The van der Waals surface area contributed by atoms with Gasteiger partial charge in [0.15, 0.2) is 0 Å². The van der Waals surface area contributed by atoms with Gasteiger partial charge in [-0.25, -0.2) is 9.18 Å². The van der Waals surface area contributed by atoms with Crippen molar-refractivity contribution in [2.45, 2.75) is 6.04 Å². The van der Waals surface area contributed by atoms with Crippen LogP contribution in [0.25, 0.3) is 10.9 Å². The molecule has 17 heavy (non-hydrogen) atoms. The summed E-state index contributed by atoms with van der Waals surface area (Å²) in [6.45, 7) is 0. The largest absolute Gasteiger partial charge is 0.468 e. The lowest BCUT2D eigenvalue weighted by molar-refractivity contribution is -0.142. The van der Waals surface area contributed by atoms with Crippen LogP contribution in [0.4, 0.5) is 4.39 Å². The van der Waals surface area contributed by atoms with Gasteiger partial charge in [-0.15, -0.1) is 0 Å². The standard InChI is InChI=1S/C12H13FN2O2/c1-15-9-6-8(13)4-3-7(9)5-10(15)11(14)12(16)17-2/h3-6,11H,14H2,1-2H3. The van der Waals surface area contributed by atoms with Gasteiger partial charge in [0.25, 0.3) is 0 Å². The van der Waals surface area contributed by atoms with Crippen LogP contribution in [0.1, 0.15) is 11.7 Å². The lowest BCUT2D eigenvalue weighted by Crippen LogP contribution is -2.24. The van der Waals surface area contributed by atoms with Crippen molar-refractivity contribution in [2.24, 2.45) is 12.8 Å². The molecule has 0 amide bonds.